The lowest BCUT2D eigenvalue weighted by atomic mass is 9.90. The van der Waals surface area contributed by atoms with Gasteiger partial charge in [-0.05, 0) is 55.0 Å². The summed E-state index contributed by atoms with van der Waals surface area (Å²) < 4.78 is 10.7. The normalized spacial score (nSPS) is 13.7. The van der Waals surface area contributed by atoms with Gasteiger partial charge in [0.05, 0.1) is 12.0 Å². The van der Waals surface area contributed by atoms with Crippen molar-refractivity contribution in [3.05, 3.63) is 53.3 Å². The van der Waals surface area contributed by atoms with E-state index in [0.29, 0.717) is 16.9 Å². The van der Waals surface area contributed by atoms with Crippen LogP contribution in [0.15, 0.2) is 50.7 Å². The van der Waals surface area contributed by atoms with Gasteiger partial charge in [0.15, 0.2) is 11.5 Å². The van der Waals surface area contributed by atoms with E-state index in [0.717, 1.165) is 18.4 Å². The van der Waals surface area contributed by atoms with Gasteiger partial charge >= 0.3 is 0 Å². The smallest absolute Gasteiger partial charge is 0.284 e. The number of thioether (sulfide) groups is 1. The van der Waals surface area contributed by atoms with E-state index in [1.807, 2.05) is 12.1 Å². The lowest BCUT2D eigenvalue weighted by molar-refractivity contribution is 0.102. The predicted octanol–water partition coefficient (Wildman–Crippen LogP) is 4.18. The van der Waals surface area contributed by atoms with Crippen molar-refractivity contribution in [1.82, 2.24) is 10.2 Å². The number of hydrogen-bond donors (Lipinski definition) is 0. The van der Waals surface area contributed by atoms with E-state index in [-0.39, 0.29) is 11.5 Å². The summed E-state index contributed by atoms with van der Waals surface area (Å²) in [5, 5.41) is 8.23. The number of hydrogen-bond acceptors (Lipinski definition) is 6. The molecule has 3 aromatic rings. The SMILES string of the molecule is O=C(CSc1nnc(-c2ccco2)o1)c1ccc2c(c1)CCCC2. The molecule has 0 aliphatic heterocycles. The van der Waals surface area contributed by atoms with Crippen LogP contribution in [-0.2, 0) is 12.8 Å². The molecule has 0 unspecified atom stereocenters. The lowest BCUT2D eigenvalue weighted by Crippen LogP contribution is -2.07. The maximum absolute atomic E-state index is 12.4. The Bertz CT molecular complexity index is 855. The average Bonchev–Trinajstić information content (AvgIpc) is 3.30. The number of carbonyl (C=O) groups excluding carboxylic acids is 1. The van der Waals surface area contributed by atoms with Crippen LogP contribution in [0.1, 0.15) is 34.3 Å². The molecule has 2 aromatic heterocycles. The van der Waals surface area contributed by atoms with Crippen LogP contribution in [0.3, 0.4) is 0 Å². The number of nitrogens with zero attached hydrogens (tertiary/aromatic N) is 2. The molecular weight excluding hydrogens is 324 g/mol. The molecule has 0 saturated carbocycles. The van der Waals surface area contributed by atoms with Crippen LogP contribution in [0.25, 0.3) is 11.7 Å². The summed E-state index contributed by atoms with van der Waals surface area (Å²) in [7, 11) is 0. The van der Waals surface area contributed by atoms with Crippen molar-refractivity contribution < 1.29 is 13.6 Å². The minimum atomic E-state index is 0.0751. The number of carbonyl (C=O) groups is 1. The average molecular weight is 340 g/mol. The Morgan fingerprint density at radius 1 is 1.12 bits per heavy atom. The van der Waals surface area contributed by atoms with Gasteiger partial charge in [-0.3, -0.25) is 4.79 Å². The molecule has 0 radical (unpaired) electrons. The van der Waals surface area contributed by atoms with E-state index in [9.17, 15) is 4.79 Å². The molecule has 2 heterocycles. The molecular formula is C18H16N2O3S. The Labute approximate surface area is 143 Å². The summed E-state index contributed by atoms with van der Waals surface area (Å²) in [6.07, 6.45) is 6.18. The molecule has 4 rings (SSSR count). The molecule has 0 amide bonds. The van der Waals surface area contributed by atoms with Crippen molar-refractivity contribution in [1.29, 1.82) is 0 Å². The maximum Gasteiger partial charge on any atom is 0.284 e. The first-order chi connectivity index (χ1) is 11.8. The number of furan rings is 1. The standard InChI is InChI=1S/C18H16N2O3S/c21-15(14-8-7-12-4-1-2-5-13(12)10-14)11-24-18-20-19-17(23-18)16-6-3-9-22-16/h3,6-10H,1-2,4-5,11H2. The molecule has 0 fully saturated rings. The molecule has 24 heavy (non-hydrogen) atoms. The fourth-order valence-corrected chi connectivity index (χ4v) is 3.54. The van der Waals surface area contributed by atoms with Gasteiger partial charge in [0.2, 0.25) is 0 Å². The molecule has 1 aliphatic carbocycles. The zero-order valence-electron chi connectivity index (χ0n) is 13.0. The molecule has 5 nitrogen and oxygen atoms in total. The van der Waals surface area contributed by atoms with Crippen molar-refractivity contribution in [2.24, 2.45) is 0 Å². The third-order valence-corrected chi connectivity index (χ3v) is 4.95. The summed E-state index contributed by atoms with van der Waals surface area (Å²) >= 11 is 1.25. The maximum atomic E-state index is 12.4. The van der Waals surface area contributed by atoms with Crippen molar-refractivity contribution in [2.75, 3.05) is 5.75 Å². The molecule has 122 valence electrons. The van der Waals surface area contributed by atoms with Gasteiger partial charge in [0.25, 0.3) is 11.1 Å². The second-order valence-electron chi connectivity index (χ2n) is 5.75. The van der Waals surface area contributed by atoms with E-state index in [4.69, 9.17) is 8.83 Å². The summed E-state index contributed by atoms with van der Waals surface area (Å²) in [5.74, 6) is 1.20. The molecule has 0 atom stereocenters. The number of fused-ring (bicyclic) bond motifs is 1. The first-order valence-electron chi connectivity index (χ1n) is 7.95. The number of aryl methyl sites for hydroxylation is 2. The number of benzene rings is 1. The predicted molar refractivity (Wildman–Crippen MR) is 90.1 cm³/mol. The quantitative estimate of drug-likeness (QED) is 0.512. The highest BCUT2D eigenvalue weighted by atomic mass is 32.2. The summed E-state index contributed by atoms with van der Waals surface area (Å²) in [4.78, 5) is 12.4. The number of aromatic nitrogens is 2. The van der Waals surface area contributed by atoms with Crippen LogP contribution in [0, 0.1) is 0 Å². The highest BCUT2D eigenvalue weighted by Crippen LogP contribution is 2.25. The first kappa shape index (κ1) is 15.2. The van der Waals surface area contributed by atoms with E-state index < -0.39 is 0 Å². The van der Waals surface area contributed by atoms with Crippen LogP contribution < -0.4 is 0 Å². The van der Waals surface area contributed by atoms with Gasteiger partial charge in [-0.1, -0.05) is 23.9 Å². The van der Waals surface area contributed by atoms with Crippen LogP contribution in [0.5, 0.6) is 0 Å². The number of ketones is 1. The Kier molecular flexibility index (Phi) is 4.21. The Morgan fingerprint density at radius 2 is 2.00 bits per heavy atom. The van der Waals surface area contributed by atoms with Gasteiger partial charge in [-0.25, -0.2) is 0 Å². The van der Waals surface area contributed by atoms with Gasteiger partial charge in [-0.2, -0.15) is 0 Å². The number of Topliss-reactive ketones (excluding diaryl/α,β-unsaturated/α-hetero) is 1. The van der Waals surface area contributed by atoms with Gasteiger partial charge < -0.3 is 8.83 Å². The van der Waals surface area contributed by atoms with Crippen LogP contribution in [0.2, 0.25) is 0 Å². The first-order valence-corrected chi connectivity index (χ1v) is 8.93. The minimum absolute atomic E-state index is 0.0751. The molecule has 0 spiro atoms. The van der Waals surface area contributed by atoms with Crippen molar-refractivity contribution in [2.45, 2.75) is 30.9 Å². The van der Waals surface area contributed by atoms with Crippen molar-refractivity contribution in [3.8, 4) is 11.7 Å². The summed E-state index contributed by atoms with van der Waals surface area (Å²) in [6, 6.07) is 9.56. The Balaban J connectivity index is 1.41. The van der Waals surface area contributed by atoms with Crippen molar-refractivity contribution >= 4 is 17.5 Å². The third kappa shape index (κ3) is 3.14. The fraction of sp³-hybridized carbons (Fsp3) is 0.278. The van der Waals surface area contributed by atoms with Gasteiger partial charge in [0.1, 0.15) is 0 Å². The summed E-state index contributed by atoms with van der Waals surface area (Å²) in [5.41, 5.74) is 3.45. The zero-order chi connectivity index (χ0) is 16.4. The minimum Gasteiger partial charge on any atom is -0.459 e. The van der Waals surface area contributed by atoms with Crippen LogP contribution in [-0.4, -0.2) is 21.7 Å². The Hall–Kier alpha value is -2.34. The van der Waals surface area contributed by atoms with Crippen LogP contribution >= 0.6 is 11.8 Å². The molecule has 1 aromatic carbocycles. The van der Waals surface area contributed by atoms with E-state index in [2.05, 4.69) is 16.3 Å². The van der Waals surface area contributed by atoms with E-state index in [1.165, 1.54) is 35.7 Å². The highest BCUT2D eigenvalue weighted by Gasteiger charge is 2.16. The largest absolute Gasteiger partial charge is 0.459 e. The lowest BCUT2D eigenvalue weighted by Gasteiger charge is -2.16. The summed E-state index contributed by atoms with van der Waals surface area (Å²) in [6.45, 7) is 0. The second-order valence-corrected chi connectivity index (χ2v) is 6.68. The fourth-order valence-electron chi connectivity index (χ4n) is 2.89. The van der Waals surface area contributed by atoms with E-state index in [1.54, 1.807) is 18.4 Å². The monoisotopic (exact) mass is 340 g/mol. The Morgan fingerprint density at radius 3 is 2.83 bits per heavy atom. The molecule has 6 heteroatoms. The van der Waals surface area contributed by atoms with Gasteiger partial charge in [-0.15, -0.1) is 10.2 Å². The molecule has 1 aliphatic rings. The van der Waals surface area contributed by atoms with E-state index >= 15 is 0 Å². The molecule has 0 bridgehead atoms. The zero-order valence-corrected chi connectivity index (χ0v) is 13.8. The van der Waals surface area contributed by atoms with Gasteiger partial charge in [0, 0.05) is 5.56 Å². The van der Waals surface area contributed by atoms with Crippen LogP contribution in [0.4, 0.5) is 0 Å². The molecule has 0 saturated heterocycles. The third-order valence-electron chi connectivity index (χ3n) is 4.14. The molecule has 0 N–H and O–H groups in total. The second kappa shape index (κ2) is 6.65. The number of rotatable bonds is 5. The van der Waals surface area contributed by atoms with Crippen molar-refractivity contribution in [3.63, 3.8) is 0 Å². The topological polar surface area (TPSA) is 69.1 Å². The highest BCUT2D eigenvalue weighted by molar-refractivity contribution is 7.99.